The molecule has 8 bridgehead atoms. The van der Waals surface area contributed by atoms with E-state index in [-0.39, 0.29) is 63.3 Å². The van der Waals surface area contributed by atoms with Crippen molar-refractivity contribution in [3.05, 3.63) is 180 Å². The van der Waals surface area contributed by atoms with E-state index >= 15 is 35.1 Å². The number of nitrogens with zero attached hydrogens (tertiary/aromatic N) is 8. The molecule has 11 aromatic rings. The Bertz CT molecular complexity index is 5110. The van der Waals surface area contributed by atoms with Crippen molar-refractivity contribution in [3.8, 4) is 91.5 Å². The molecule has 0 unspecified atom stereocenters. The van der Waals surface area contributed by atoms with Crippen LogP contribution in [0.15, 0.2) is 72.8 Å². The second-order valence-electron chi connectivity index (χ2n) is 18.2. The number of hydrogen-bond donors (Lipinski definition) is 0. The number of benzene rings is 8. The molecule has 5 heterocycles. The number of fused-ring (bicyclic) bond motifs is 20. The zero-order valence-corrected chi connectivity index (χ0v) is 54.4. The van der Waals surface area contributed by atoms with Crippen molar-refractivity contribution in [1.29, 1.82) is 0 Å². The second-order valence-corrected chi connectivity index (χ2v) is 22.7. The van der Waals surface area contributed by atoms with Gasteiger partial charge in [0.15, 0.2) is 92.5 Å². The number of aromatic nitrogens is 8. The van der Waals surface area contributed by atoms with Gasteiger partial charge in [0.05, 0.1) is 63.5 Å². The molecule has 2 aliphatic rings. The zero-order chi connectivity index (χ0) is 62.4. The predicted molar refractivity (Wildman–Crippen MR) is 320 cm³/mol. The van der Waals surface area contributed by atoms with E-state index in [1.807, 2.05) is 0 Å². The van der Waals surface area contributed by atoms with E-state index in [1.54, 1.807) is 0 Å². The Morgan fingerprint density at radius 2 is 0.449 bits per heavy atom. The normalized spacial score (nSPS) is 11.7. The first-order valence-electron chi connectivity index (χ1n) is 24.0. The van der Waals surface area contributed by atoms with Gasteiger partial charge in [0.1, 0.15) is 20.1 Å². The van der Waals surface area contributed by atoms with Crippen molar-refractivity contribution < 1.29 is 73.5 Å². The Balaban J connectivity index is 0.00000769. The van der Waals surface area contributed by atoms with Gasteiger partial charge < -0.3 is 48.9 Å². The molecule has 2 aliphatic heterocycles. The van der Waals surface area contributed by atoms with Gasteiger partial charge in [-0.25, -0.2) is 45.1 Å². The van der Waals surface area contributed by atoms with Crippen molar-refractivity contribution in [2.75, 3.05) is 0 Å². The molecule has 0 saturated heterocycles. The van der Waals surface area contributed by atoms with Crippen LogP contribution < -0.4 is 28.9 Å². The second kappa shape index (κ2) is 23.8. The summed E-state index contributed by atoms with van der Waals surface area (Å²) in [4.78, 5) is 37.5. The Morgan fingerprint density at radius 1 is 0.247 bits per heavy atom. The van der Waals surface area contributed by atoms with E-state index in [4.69, 9.17) is 178 Å². The van der Waals surface area contributed by atoms with Gasteiger partial charge in [-0.2, -0.15) is 0 Å². The summed E-state index contributed by atoms with van der Waals surface area (Å²) in [5.41, 5.74) is -3.47. The number of halogens is 20. The molecule has 0 fully saturated rings. The third-order valence-corrected chi connectivity index (χ3v) is 17.9. The molecule has 8 aromatic carbocycles. The molecule has 0 aliphatic carbocycles. The number of ether oxygens (including phenoxy) is 4. The molecule has 0 radical (unpaired) electrons. The number of rotatable bonds is 8. The topological polar surface area (TPSA) is 142 Å². The Hall–Kier alpha value is -6.14. The van der Waals surface area contributed by atoms with Crippen molar-refractivity contribution in [2.24, 2.45) is 0 Å². The molecule has 13 rings (SSSR count). The molecular formula is C56H12Cl12F8N8O4Zn. The molecule has 0 N–H and O–H groups in total. The van der Waals surface area contributed by atoms with Crippen LogP contribution in [0.2, 0.25) is 60.3 Å². The maximum Gasteiger partial charge on any atom is 2.00 e. The summed E-state index contributed by atoms with van der Waals surface area (Å²) >= 11 is 84.5. The minimum atomic E-state index is -1.21. The van der Waals surface area contributed by atoms with Gasteiger partial charge in [-0.15, -0.1) is 0 Å². The Kier molecular flexibility index (Phi) is 16.9. The summed E-state index contributed by atoms with van der Waals surface area (Å²) in [5, 5.41) is -8.10. The van der Waals surface area contributed by atoms with Crippen LogP contribution in [0, 0.1) is 46.5 Å². The van der Waals surface area contributed by atoms with E-state index in [1.165, 1.54) is 0 Å². The molecule has 0 saturated carbocycles. The molecular weight excluding hydrogens is 1490 g/mol. The van der Waals surface area contributed by atoms with Crippen LogP contribution >= 0.6 is 139 Å². The molecule has 33 heteroatoms. The van der Waals surface area contributed by atoms with Crippen LogP contribution in [0.25, 0.3) is 89.7 Å². The molecule has 0 spiro atoms. The summed E-state index contributed by atoms with van der Waals surface area (Å²) in [6.45, 7) is 0. The van der Waals surface area contributed by atoms with E-state index in [2.05, 4.69) is 19.9 Å². The summed E-state index contributed by atoms with van der Waals surface area (Å²) < 4.78 is 145. The van der Waals surface area contributed by atoms with Crippen LogP contribution in [0.1, 0.15) is 0 Å². The van der Waals surface area contributed by atoms with Gasteiger partial charge in [0.25, 0.3) is 0 Å². The first kappa shape index (κ1) is 63.0. The van der Waals surface area contributed by atoms with Gasteiger partial charge in [0.2, 0.25) is 0 Å². The summed E-state index contributed by atoms with van der Waals surface area (Å²) in [7, 11) is 0. The molecule has 12 nitrogen and oxygen atoms in total. The smallest absolute Gasteiger partial charge is 0.448 e. The fourth-order valence-electron chi connectivity index (χ4n) is 9.22. The van der Waals surface area contributed by atoms with E-state index < -0.39 is 199 Å². The minimum absolute atomic E-state index is 0. The van der Waals surface area contributed by atoms with E-state index in [0.29, 0.717) is 0 Å². The Labute approximate surface area is 563 Å². The van der Waals surface area contributed by atoms with Crippen molar-refractivity contribution >= 4 is 183 Å². The summed E-state index contributed by atoms with van der Waals surface area (Å²) in [6.07, 6.45) is 0. The monoisotopic (exact) mass is 1500 g/mol. The number of hydrogen-bond acceptors (Lipinski definition) is 10. The summed E-state index contributed by atoms with van der Waals surface area (Å²) in [6, 6.07) is 11.2. The van der Waals surface area contributed by atoms with Gasteiger partial charge in [-0.1, -0.05) is 163 Å². The standard InChI is InChI=1S/C56H12Cl12F8N8O4.Zn/c57-29-21-25(33(61)45(37(29)65)85-41-13(69)5-1-6-14(41)70)53-78-49(21)77-50-22-27(35(63)47(38(66)30(22)58)87-43-17(73)9-3-10-18(43)74)55(79-50)84-56-28-24(32(60)40(68)48(36(28)64)88-44-19(75)11-4-12-20(44)76)52(83-56)82-54-26-23(51(80-53)81-54)31(59)39(67)46(34(26)62)86-42-15(71)7-2-8-16(42)72;/h1-12H;/q-2;+2. The van der Waals surface area contributed by atoms with Crippen LogP contribution in [0.4, 0.5) is 35.1 Å². The summed E-state index contributed by atoms with van der Waals surface area (Å²) in [5.74, 6) is -18.4. The zero-order valence-electron chi connectivity index (χ0n) is 42.4. The SMILES string of the molecule is Fc1cccc(F)c1Oc1c(Cl)c(Cl)c2c(c1Cl)-c1nc-2nc2[n-]c(nc3nc(nc4[n-]c(n1)c1c(Cl)c(Cl)c(Oc5c(F)cccc5F)c(Cl)c41)-c1c(Cl)c(Cl)c(Oc4c(F)cccc4F)c(Cl)c1-3)c1c(Cl)c(Oc3c(F)cccc3F)c(Cl)c(Cl)c21.[Zn+2]. The van der Waals surface area contributed by atoms with Crippen LogP contribution in [-0.4, -0.2) is 29.9 Å². The van der Waals surface area contributed by atoms with Gasteiger partial charge in [0, 0.05) is 66.4 Å². The first-order chi connectivity index (χ1) is 41.9. The van der Waals surface area contributed by atoms with Crippen molar-refractivity contribution in [1.82, 2.24) is 39.9 Å². The van der Waals surface area contributed by atoms with E-state index in [9.17, 15) is 0 Å². The van der Waals surface area contributed by atoms with Crippen molar-refractivity contribution in [2.45, 2.75) is 0 Å². The maximum atomic E-state index is 15.3. The van der Waals surface area contributed by atoms with Crippen molar-refractivity contribution in [3.63, 3.8) is 0 Å². The predicted octanol–water partition coefficient (Wildman–Crippen LogP) is 22.2. The third-order valence-electron chi connectivity index (χ3n) is 13.1. The van der Waals surface area contributed by atoms with Gasteiger partial charge in [-0.3, -0.25) is 0 Å². The average molecular weight is 1500 g/mol. The third kappa shape index (κ3) is 10.2. The molecule has 0 amide bonds. The fraction of sp³-hybridized carbons (Fsp3) is 0. The van der Waals surface area contributed by atoms with Crippen LogP contribution in [0.5, 0.6) is 46.0 Å². The van der Waals surface area contributed by atoms with Gasteiger partial charge in [-0.05, 0) is 48.5 Å². The molecule has 3 aromatic heterocycles. The van der Waals surface area contributed by atoms with Gasteiger partial charge >= 0.3 is 19.5 Å². The fourth-order valence-corrected chi connectivity index (χ4v) is 12.6. The average Bonchev–Trinajstić information content (AvgIpc) is 1.61. The minimum Gasteiger partial charge on any atom is -0.448 e. The maximum absolute atomic E-state index is 15.3. The largest absolute Gasteiger partial charge is 2.00 e. The molecule has 89 heavy (non-hydrogen) atoms. The first-order valence-corrected chi connectivity index (χ1v) is 28.5. The molecule has 442 valence electrons. The van der Waals surface area contributed by atoms with Crippen LogP contribution in [-0.2, 0) is 19.5 Å². The van der Waals surface area contributed by atoms with E-state index in [0.717, 1.165) is 72.8 Å². The Morgan fingerprint density at radius 3 is 0.697 bits per heavy atom. The quantitative estimate of drug-likeness (QED) is 0.0812. The number of para-hydroxylation sites is 4. The van der Waals surface area contributed by atoms with Crippen LogP contribution in [0.3, 0.4) is 0 Å². The molecule has 0 atom stereocenters.